The first-order chi connectivity index (χ1) is 14.9. The molecule has 31 heavy (non-hydrogen) atoms. The number of hydrogen-bond acceptors (Lipinski definition) is 7. The maximum atomic E-state index is 13.2. The number of nitrogens with zero attached hydrogens (tertiary/aromatic N) is 1. The second-order valence-electron chi connectivity index (χ2n) is 6.52. The van der Waals surface area contributed by atoms with Gasteiger partial charge in [-0.25, -0.2) is 0 Å². The van der Waals surface area contributed by atoms with Crippen molar-refractivity contribution in [3.05, 3.63) is 75.3 Å². The number of carbonyl (C=O) groups is 2. The van der Waals surface area contributed by atoms with Gasteiger partial charge in [0.25, 0.3) is 5.91 Å². The third-order valence-corrected chi connectivity index (χ3v) is 5.70. The van der Waals surface area contributed by atoms with E-state index in [-0.39, 0.29) is 29.8 Å². The van der Waals surface area contributed by atoms with Crippen molar-refractivity contribution in [1.82, 2.24) is 5.32 Å². The molecule has 1 aromatic carbocycles. The Hall–Kier alpha value is -3.15. The highest BCUT2D eigenvalue weighted by Gasteiger charge is 2.36. The van der Waals surface area contributed by atoms with Crippen molar-refractivity contribution < 1.29 is 18.7 Å². The second kappa shape index (κ2) is 10.2. The van der Waals surface area contributed by atoms with Crippen LogP contribution in [0, 0.1) is 11.3 Å². The molecule has 1 aliphatic rings. The highest BCUT2D eigenvalue weighted by molar-refractivity contribution is 8.03. The fraction of sp³-hybridized carbons (Fsp3) is 0.227. The Morgan fingerprint density at radius 1 is 1.32 bits per heavy atom. The van der Waals surface area contributed by atoms with E-state index >= 15 is 0 Å². The first kappa shape index (κ1) is 22.5. The van der Waals surface area contributed by atoms with Gasteiger partial charge in [-0.1, -0.05) is 23.4 Å². The third-order valence-electron chi connectivity index (χ3n) is 4.46. The van der Waals surface area contributed by atoms with Crippen LogP contribution < -0.4 is 10.6 Å². The predicted molar refractivity (Wildman–Crippen MR) is 119 cm³/mol. The zero-order valence-corrected chi connectivity index (χ0v) is 18.5. The van der Waals surface area contributed by atoms with E-state index < -0.39 is 5.92 Å². The van der Waals surface area contributed by atoms with Gasteiger partial charge in [0.1, 0.15) is 5.76 Å². The van der Waals surface area contributed by atoms with Crippen molar-refractivity contribution in [2.75, 3.05) is 17.7 Å². The van der Waals surface area contributed by atoms with Crippen LogP contribution in [-0.4, -0.2) is 24.2 Å². The average Bonchev–Trinajstić information content (AvgIpc) is 3.28. The van der Waals surface area contributed by atoms with E-state index in [0.29, 0.717) is 32.8 Å². The molecule has 1 unspecified atom stereocenters. The summed E-state index contributed by atoms with van der Waals surface area (Å²) in [5.74, 6) is -1.00. The number of hydrogen-bond donors (Lipinski definition) is 2. The average molecular weight is 458 g/mol. The molecule has 160 valence electrons. The zero-order valence-electron chi connectivity index (χ0n) is 16.9. The zero-order chi connectivity index (χ0) is 22.4. The van der Waals surface area contributed by atoms with Gasteiger partial charge in [0, 0.05) is 16.4 Å². The number of anilines is 1. The van der Waals surface area contributed by atoms with Crippen molar-refractivity contribution in [2.24, 2.45) is 0 Å². The van der Waals surface area contributed by atoms with Gasteiger partial charge < -0.3 is 19.8 Å². The minimum absolute atomic E-state index is 0.0335. The number of benzene rings is 1. The van der Waals surface area contributed by atoms with E-state index in [1.165, 1.54) is 6.26 Å². The molecule has 0 spiro atoms. The molecule has 0 bridgehead atoms. The maximum Gasteiger partial charge on any atom is 0.316 e. The van der Waals surface area contributed by atoms with Crippen molar-refractivity contribution >= 4 is 40.9 Å². The number of nitrogens with one attached hydrogen (secondary N) is 2. The molecular weight excluding hydrogens is 438 g/mol. The van der Waals surface area contributed by atoms with Gasteiger partial charge in [0.05, 0.1) is 46.8 Å². The van der Waals surface area contributed by atoms with E-state index in [0.717, 1.165) is 11.8 Å². The van der Waals surface area contributed by atoms with Crippen molar-refractivity contribution in [3.63, 3.8) is 0 Å². The minimum atomic E-state index is -0.724. The Morgan fingerprint density at radius 2 is 2.06 bits per heavy atom. The minimum Gasteiger partial charge on any atom is -0.468 e. The van der Waals surface area contributed by atoms with E-state index in [2.05, 4.69) is 16.7 Å². The lowest BCUT2D eigenvalue weighted by molar-refractivity contribution is -0.139. The molecule has 7 nitrogen and oxygen atoms in total. The molecule has 2 N–H and O–H groups in total. The van der Waals surface area contributed by atoms with Gasteiger partial charge in [-0.15, -0.1) is 0 Å². The molecule has 0 radical (unpaired) electrons. The number of amides is 1. The summed E-state index contributed by atoms with van der Waals surface area (Å²) in [6.07, 6.45) is 1.49. The molecule has 3 rings (SSSR count). The molecule has 0 saturated heterocycles. The highest BCUT2D eigenvalue weighted by Crippen LogP contribution is 2.41. The summed E-state index contributed by atoms with van der Waals surface area (Å²) in [7, 11) is 0. The monoisotopic (exact) mass is 457 g/mol. The van der Waals surface area contributed by atoms with Crippen LogP contribution in [0.25, 0.3) is 0 Å². The number of dihydropyridines is 1. The van der Waals surface area contributed by atoms with Crippen molar-refractivity contribution in [3.8, 4) is 6.07 Å². The molecule has 0 saturated carbocycles. The number of nitriles is 1. The molecule has 1 aromatic heterocycles. The van der Waals surface area contributed by atoms with Crippen LogP contribution in [0.15, 0.2) is 69.0 Å². The van der Waals surface area contributed by atoms with Crippen LogP contribution in [0.1, 0.15) is 25.5 Å². The number of esters is 1. The van der Waals surface area contributed by atoms with E-state index in [4.69, 9.17) is 20.8 Å². The largest absolute Gasteiger partial charge is 0.468 e. The maximum absolute atomic E-state index is 13.2. The van der Waals surface area contributed by atoms with Crippen LogP contribution >= 0.6 is 23.4 Å². The van der Waals surface area contributed by atoms with Gasteiger partial charge in [-0.05, 0) is 50.2 Å². The second-order valence-corrected chi connectivity index (χ2v) is 7.94. The summed E-state index contributed by atoms with van der Waals surface area (Å²) in [5, 5.41) is 16.9. The van der Waals surface area contributed by atoms with Gasteiger partial charge in [-0.3, -0.25) is 9.59 Å². The van der Waals surface area contributed by atoms with Crippen LogP contribution in [0.4, 0.5) is 5.69 Å². The SMILES string of the molecule is CCOC(=O)CSC1=C(C#N)C(c2ccco2)C(C(=O)Nc2ccc(Cl)cc2)=C(C)N1. The number of halogens is 1. The Kier molecular flexibility index (Phi) is 7.45. The first-order valence-corrected chi connectivity index (χ1v) is 10.8. The van der Waals surface area contributed by atoms with Crippen LogP contribution in [0.3, 0.4) is 0 Å². The predicted octanol–water partition coefficient (Wildman–Crippen LogP) is 4.56. The molecule has 9 heteroatoms. The molecule has 0 aliphatic carbocycles. The lowest BCUT2D eigenvalue weighted by Gasteiger charge is -2.28. The lowest BCUT2D eigenvalue weighted by Crippen LogP contribution is -2.30. The van der Waals surface area contributed by atoms with Crippen molar-refractivity contribution in [1.29, 1.82) is 5.26 Å². The van der Waals surface area contributed by atoms with Crippen molar-refractivity contribution in [2.45, 2.75) is 19.8 Å². The standard InChI is InChI=1S/C22H20ClN3O4S/c1-3-29-18(27)12-31-22-16(11-24)20(17-5-4-10-30-17)19(13(2)25-22)21(28)26-15-8-6-14(23)7-9-15/h4-10,20,25H,3,12H2,1-2H3,(H,26,28). The van der Waals surface area contributed by atoms with Crippen LogP contribution in [0.2, 0.25) is 5.02 Å². The van der Waals surface area contributed by atoms with Crippen LogP contribution in [0.5, 0.6) is 0 Å². The number of ether oxygens (including phenoxy) is 1. The lowest BCUT2D eigenvalue weighted by atomic mass is 9.85. The smallest absolute Gasteiger partial charge is 0.316 e. The summed E-state index contributed by atoms with van der Waals surface area (Å²) in [5.41, 5.74) is 1.76. The van der Waals surface area contributed by atoms with Crippen LogP contribution in [-0.2, 0) is 14.3 Å². The number of thioether (sulfide) groups is 1. The Morgan fingerprint density at radius 3 is 2.68 bits per heavy atom. The molecule has 1 aliphatic heterocycles. The molecule has 1 amide bonds. The number of rotatable bonds is 7. The number of furan rings is 1. The Balaban J connectivity index is 1.94. The van der Waals surface area contributed by atoms with Gasteiger partial charge in [-0.2, -0.15) is 5.26 Å². The highest BCUT2D eigenvalue weighted by atomic mass is 35.5. The first-order valence-electron chi connectivity index (χ1n) is 9.45. The number of carbonyl (C=O) groups excluding carboxylic acids is 2. The number of allylic oxidation sites excluding steroid dienone is 2. The third kappa shape index (κ3) is 5.32. The normalized spacial score (nSPS) is 15.9. The summed E-state index contributed by atoms with van der Waals surface area (Å²) in [4.78, 5) is 25.0. The fourth-order valence-electron chi connectivity index (χ4n) is 3.13. The molecular formula is C22H20ClN3O4S. The summed E-state index contributed by atoms with van der Waals surface area (Å²) in [6, 6.07) is 12.3. The van der Waals surface area contributed by atoms with E-state index in [1.54, 1.807) is 50.2 Å². The molecule has 1 atom stereocenters. The van der Waals surface area contributed by atoms with Gasteiger partial charge in [0.2, 0.25) is 0 Å². The fourth-order valence-corrected chi connectivity index (χ4v) is 4.15. The van der Waals surface area contributed by atoms with E-state index in [1.807, 2.05) is 0 Å². The Bertz CT molecular complexity index is 1070. The van der Waals surface area contributed by atoms with E-state index in [9.17, 15) is 14.9 Å². The quantitative estimate of drug-likeness (QED) is 0.587. The summed E-state index contributed by atoms with van der Waals surface area (Å²) in [6.45, 7) is 3.75. The van der Waals surface area contributed by atoms with Gasteiger partial charge in [0.15, 0.2) is 0 Å². The molecule has 2 heterocycles. The summed E-state index contributed by atoms with van der Waals surface area (Å²) < 4.78 is 10.5. The molecule has 2 aromatic rings. The summed E-state index contributed by atoms with van der Waals surface area (Å²) >= 11 is 7.07. The molecule has 0 fully saturated rings. The Labute approximate surface area is 189 Å². The van der Waals surface area contributed by atoms with Gasteiger partial charge >= 0.3 is 5.97 Å². The topological polar surface area (TPSA) is 104 Å².